The molecule has 0 atom stereocenters. The summed E-state index contributed by atoms with van der Waals surface area (Å²) in [5.74, 6) is -1.33. The van der Waals surface area contributed by atoms with Crippen LogP contribution in [-0.4, -0.2) is 32.2 Å². The zero-order valence-corrected chi connectivity index (χ0v) is 11.3. The molecule has 17 heavy (non-hydrogen) atoms. The van der Waals surface area contributed by atoms with Crippen LogP contribution in [-0.2, 0) is 14.8 Å². The van der Waals surface area contributed by atoms with Crippen molar-refractivity contribution < 1.29 is 17.6 Å². The molecular formula is C9H10BrFN2O3S. The topological polar surface area (TPSA) is 80.5 Å². The first-order valence-corrected chi connectivity index (χ1v) is 6.68. The maximum absolute atomic E-state index is 12.8. The van der Waals surface area contributed by atoms with E-state index in [-0.39, 0.29) is 9.37 Å². The average molecular weight is 325 g/mol. The number of primary amides is 1. The zero-order valence-electron chi connectivity index (χ0n) is 8.85. The number of amides is 1. The van der Waals surface area contributed by atoms with Crippen molar-refractivity contribution in [2.24, 2.45) is 5.73 Å². The summed E-state index contributed by atoms with van der Waals surface area (Å²) < 4.78 is 37.7. The van der Waals surface area contributed by atoms with Crippen LogP contribution in [0, 0.1) is 5.82 Å². The van der Waals surface area contributed by atoms with Crippen LogP contribution >= 0.6 is 15.9 Å². The lowest BCUT2D eigenvalue weighted by molar-refractivity contribution is -0.118. The number of carbonyl (C=O) groups excluding carboxylic acids is 1. The predicted molar refractivity (Wildman–Crippen MR) is 63.1 cm³/mol. The Labute approximate surface area is 107 Å². The molecule has 0 fully saturated rings. The summed E-state index contributed by atoms with van der Waals surface area (Å²) in [7, 11) is -2.64. The Hall–Kier alpha value is -0.990. The quantitative estimate of drug-likeness (QED) is 0.885. The highest BCUT2D eigenvalue weighted by Gasteiger charge is 2.24. The Bertz CT molecular complexity index is 547. The van der Waals surface area contributed by atoms with Crippen molar-refractivity contribution in [3.63, 3.8) is 0 Å². The fraction of sp³-hybridized carbons (Fsp3) is 0.222. The van der Waals surface area contributed by atoms with Crippen molar-refractivity contribution in [3.8, 4) is 0 Å². The van der Waals surface area contributed by atoms with E-state index in [0.717, 1.165) is 22.5 Å². The highest BCUT2D eigenvalue weighted by Crippen LogP contribution is 2.24. The maximum atomic E-state index is 12.8. The zero-order chi connectivity index (χ0) is 13.2. The van der Waals surface area contributed by atoms with Gasteiger partial charge in [-0.05, 0) is 34.1 Å². The average Bonchev–Trinajstić information content (AvgIpc) is 2.15. The molecule has 0 spiro atoms. The summed E-state index contributed by atoms with van der Waals surface area (Å²) in [5.41, 5.74) is 4.91. The Balaban J connectivity index is 3.17. The van der Waals surface area contributed by atoms with Gasteiger partial charge in [-0.1, -0.05) is 0 Å². The van der Waals surface area contributed by atoms with Crippen molar-refractivity contribution in [3.05, 3.63) is 28.5 Å². The Morgan fingerprint density at radius 1 is 1.53 bits per heavy atom. The van der Waals surface area contributed by atoms with E-state index >= 15 is 0 Å². The minimum absolute atomic E-state index is 0.0915. The fourth-order valence-electron chi connectivity index (χ4n) is 1.16. The van der Waals surface area contributed by atoms with Crippen LogP contribution in [0.15, 0.2) is 27.6 Å². The number of benzene rings is 1. The van der Waals surface area contributed by atoms with E-state index < -0.39 is 28.3 Å². The highest BCUT2D eigenvalue weighted by atomic mass is 79.9. The number of nitrogens with zero attached hydrogens (tertiary/aromatic N) is 1. The van der Waals surface area contributed by atoms with Gasteiger partial charge in [0.15, 0.2) is 0 Å². The van der Waals surface area contributed by atoms with Gasteiger partial charge in [-0.3, -0.25) is 4.79 Å². The smallest absolute Gasteiger partial charge is 0.244 e. The number of halogens is 2. The second kappa shape index (κ2) is 5.11. The molecule has 94 valence electrons. The molecule has 0 radical (unpaired) electrons. The van der Waals surface area contributed by atoms with Gasteiger partial charge >= 0.3 is 0 Å². The monoisotopic (exact) mass is 324 g/mol. The second-order valence-corrected chi connectivity index (χ2v) is 6.17. The van der Waals surface area contributed by atoms with Gasteiger partial charge in [0.2, 0.25) is 15.9 Å². The Kier molecular flexibility index (Phi) is 4.23. The normalized spacial score (nSPS) is 11.8. The third-order valence-electron chi connectivity index (χ3n) is 1.96. The van der Waals surface area contributed by atoms with Crippen LogP contribution in [0.25, 0.3) is 0 Å². The van der Waals surface area contributed by atoms with E-state index in [1.807, 2.05) is 0 Å². The molecule has 0 aromatic heterocycles. The highest BCUT2D eigenvalue weighted by molar-refractivity contribution is 9.10. The number of rotatable bonds is 4. The lowest BCUT2D eigenvalue weighted by atomic mass is 10.3. The van der Waals surface area contributed by atoms with Crippen LogP contribution in [0.3, 0.4) is 0 Å². The van der Waals surface area contributed by atoms with Crippen molar-refractivity contribution >= 4 is 31.9 Å². The molecule has 1 aromatic carbocycles. The molecule has 0 heterocycles. The van der Waals surface area contributed by atoms with Crippen molar-refractivity contribution in [2.75, 3.05) is 13.6 Å². The largest absolute Gasteiger partial charge is 0.369 e. The third kappa shape index (κ3) is 3.24. The molecule has 0 saturated heterocycles. The van der Waals surface area contributed by atoms with Crippen LogP contribution in [0.2, 0.25) is 0 Å². The molecule has 0 unspecified atom stereocenters. The van der Waals surface area contributed by atoms with E-state index in [9.17, 15) is 17.6 Å². The van der Waals surface area contributed by atoms with Gasteiger partial charge in [0.25, 0.3) is 0 Å². The standard InChI is InChI=1S/C9H10BrFN2O3S/c1-13(5-9(12)14)17(15,16)8-3-2-6(11)4-7(8)10/h2-4H,5H2,1H3,(H2,12,14). The first-order chi connectivity index (χ1) is 7.75. The predicted octanol–water partition coefficient (Wildman–Crippen LogP) is 0.694. The van der Waals surface area contributed by atoms with Gasteiger partial charge in [0, 0.05) is 11.5 Å². The number of hydrogen-bond acceptors (Lipinski definition) is 3. The fourth-order valence-corrected chi connectivity index (χ4v) is 3.30. The van der Waals surface area contributed by atoms with Crippen LogP contribution in [0.5, 0.6) is 0 Å². The summed E-state index contributed by atoms with van der Waals surface area (Å²) in [6.07, 6.45) is 0. The third-order valence-corrected chi connectivity index (χ3v) is 4.74. The van der Waals surface area contributed by atoms with Crippen LogP contribution in [0.1, 0.15) is 0 Å². The summed E-state index contributed by atoms with van der Waals surface area (Å²) >= 11 is 2.96. The van der Waals surface area contributed by atoms with Gasteiger partial charge < -0.3 is 5.73 Å². The summed E-state index contributed by atoms with van der Waals surface area (Å²) in [5, 5.41) is 0. The van der Waals surface area contributed by atoms with Gasteiger partial charge in [-0.2, -0.15) is 4.31 Å². The van der Waals surface area contributed by atoms with Gasteiger partial charge in [-0.15, -0.1) is 0 Å². The summed E-state index contributed by atoms with van der Waals surface area (Å²) in [6, 6.07) is 3.17. The number of sulfonamides is 1. The minimum atomic E-state index is -3.86. The molecule has 0 bridgehead atoms. The molecule has 8 heteroatoms. The molecule has 0 saturated carbocycles. The lowest BCUT2D eigenvalue weighted by Crippen LogP contribution is -2.35. The van der Waals surface area contributed by atoms with Gasteiger partial charge in [0.05, 0.1) is 11.4 Å². The molecule has 2 N–H and O–H groups in total. The first kappa shape index (κ1) is 14.1. The van der Waals surface area contributed by atoms with Crippen LogP contribution < -0.4 is 5.73 Å². The number of nitrogens with two attached hydrogens (primary N) is 1. The molecule has 0 aliphatic carbocycles. The lowest BCUT2D eigenvalue weighted by Gasteiger charge is -2.16. The molecule has 0 aliphatic rings. The van der Waals surface area contributed by atoms with E-state index in [1.165, 1.54) is 7.05 Å². The number of hydrogen-bond donors (Lipinski definition) is 1. The van der Waals surface area contributed by atoms with Crippen molar-refractivity contribution in [1.82, 2.24) is 4.31 Å². The van der Waals surface area contributed by atoms with E-state index in [0.29, 0.717) is 0 Å². The summed E-state index contributed by atoms with van der Waals surface area (Å²) in [6.45, 7) is -0.438. The summed E-state index contributed by atoms with van der Waals surface area (Å²) in [4.78, 5) is 10.5. The van der Waals surface area contributed by atoms with Gasteiger partial charge in [-0.25, -0.2) is 12.8 Å². The maximum Gasteiger partial charge on any atom is 0.244 e. The van der Waals surface area contributed by atoms with Gasteiger partial charge in [0.1, 0.15) is 5.82 Å². The molecule has 5 nitrogen and oxygen atoms in total. The van der Waals surface area contributed by atoms with E-state index in [4.69, 9.17) is 5.73 Å². The Morgan fingerprint density at radius 2 is 2.12 bits per heavy atom. The first-order valence-electron chi connectivity index (χ1n) is 4.45. The number of carbonyl (C=O) groups is 1. The number of likely N-dealkylation sites (N-methyl/N-ethyl adjacent to an activating group) is 1. The molecule has 1 amide bonds. The molecule has 1 aromatic rings. The SMILES string of the molecule is CN(CC(N)=O)S(=O)(=O)c1ccc(F)cc1Br. The molecular weight excluding hydrogens is 315 g/mol. The Morgan fingerprint density at radius 3 is 2.59 bits per heavy atom. The van der Waals surface area contributed by atoms with Crippen molar-refractivity contribution in [2.45, 2.75) is 4.90 Å². The van der Waals surface area contributed by atoms with Crippen LogP contribution in [0.4, 0.5) is 4.39 Å². The van der Waals surface area contributed by atoms with E-state index in [2.05, 4.69) is 15.9 Å². The minimum Gasteiger partial charge on any atom is -0.369 e. The molecule has 0 aliphatic heterocycles. The van der Waals surface area contributed by atoms with Crippen molar-refractivity contribution in [1.29, 1.82) is 0 Å². The second-order valence-electron chi connectivity index (χ2n) is 3.30. The van der Waals surface area contributed by atoms with E-state index in [1.54, 1.807) is 0 Å². The molecule has 1 rings (SSSR count).